The molecule has 8 heteroatoms. The van der Waals surface area contributed by atoms with Gasteiger partial charge in [0.25, 0.3) is 0 Å². The van der Waals surface area contributed by atoms with Crippen molar-refractivity contribution in [3.05, 3.63) is 0 Å². The van der Waals surface area contributed by atoms with Crippen LogP contribution in [0.5, 0.6) is 0 Å². The molecular weight excluding hydrogens is 330 g/mol. The summed E-state index contributed by atoms with van der Waals surface area (Å²) in [4.78, 5) is 2.24. The first-order valence-corrected chi connectivity index (χ1v) is 9.21. The summed E-state index contributed by atoms with van der Waals surface area (Å²) >= 11 is 0. The van der Waals surface area contributed by atoms with Gasteiger partial charge in [-0.2, -0.15) is 0 Å². The average molecular weight is 361 g/mol. The highest BCUT2D eigenvalue weighted by Crippen LogP contribution is 2.39. The van der Waals surface area contributed by atoms with Crippen molar-refractivity contribution in [2.75, 3.05) is 32.8 Å². The third-order valence-corrected chi connectivity index (χ3v) is 4.99. The van der Waals surface area contributed by atoms with Gasteiger partial charge in [-0.1, -0.05) is 6.42 Å². The number of likely N-dealkylation sites (tertiary alicyclic amines) is 1. The molecule has 3 aliphatic rings. The highest BCUT2D eigenvalue weighted by molar-refractivity contribution is 4.97. The summed E-state index contributed by atoms with van der Waals surface area (Å²) in [6.07, 6.45) is -0.640. The molecule has 3 fully saturated rings. The standard InChI is InChI=1S/C17H31NO7/c1-17(2)24-15-14(13(12(21)9-19)23-16(15)25-17)22-10-11(20)8-18-6-4-3-5-7-18/h11-16,19-21H,3-10H2,1-2H3/t11?,12-,13-,14+,15-,16-/m1/s1. The summed E-state index contributed by atoms with van der Waals surface area (Å²) in [6.45, 7) is 5.83. The summed E-state index contributed by atoms with van der Waals surface area (Å²) in [5, 5.41) is 29.5. The van der Waals surface area contributed by atoms with Crippen molar-refractivity contribution in [2.24, 2.45) is 0 Å². The Hall–Kier alpha value is -0.320. The number of aliphatic hydroxyl groups is 3. The number of piperidine rings is 1. The number of nitrogens with zero attached hydrogens (tertiary/aromatic N) is 1. The molecule has 0 aromatic heterocycles. The van der Waals surface area contributed by atoms with Crippen LogP contribution in [0.15, 0.2) is 0 Å². The quantitative estimate of drug-likeness (QED) is 0.555. The normalized spacial score (nSPS) is 37.8. The van der Waals surface area contributed by atoms with Gasteiger partial charge in [-0.15, -0.1) is 0 Å². The summed E-state index contributed by atoms with van der Waals surface area (Å²) in [7, 11) is 0. The lowest BCUT2D eigenvalue weighted by Gasteiger charge is -2.30. The van der Waals surface area contributed by atoms with Gasteiger partial charge in [0.1, 0.15) is 24.4 Å². The predicted octanol–water partition coefficient (Wildman–Crippen LogP) is -0.552. The molecular formula is C17H31NO7. The maximum atomic E-state index is 10.3. The Morgan fingerprint density at radius 1 is 1.16 bits per heavy atom. The van der Waals surface area contributed by atoms with E-state index in [4.69, 9.17) is 18.9 Å². The maximum Gasteiger partial charge on any atom is 0.190 e. The van der Waals surface area contributed by atoms with E-state index in [-0.39, 0.29) is 6.61 Å². The summed E-state index contributed by atoms with van der Waals surface area (Å²) in [5.41, 5.74) is 0. The fraction of sp³-hybridized carbons (Fsp3) is 1.00. The highest BCUT2D eigenvalue weighted by atomic mass is 16.8. The number of hydrogen-bond acceptors (Lipinski definition) is 8. The first-order chi connectivity index (χ1) is 11.9. The average Bonchev–Trinajstić information content (AvgIpc) is 3.05. The number of hydrogen-bond donors (Lipinski definition) is 3. The van der Waals surface area contributed by atoms with E-state index in [0.717, 1.165) is 13.1 Å². The van der Waals surface area contributed by atoms with E-state index in [1.165, 1.54) is 19.3 Å². The molecule has 0 amide bonds. The van der Waals surface area contributed by atoms with Crippen LogP contribution in [-0.2, 0) is 18.9 Å². The molecule has 3 heterocycles. The van der Waals surface area contributed by atoms with E-state index in [1.54, 1.807) is 13.8 Å². The van der Waals surface area contributed by atoms with Gasteiger partial charge < -0.3 is 39.2 Å². The Labute approximate surface area is 148 Å². The van der Waals surface area contributed by atoms with E-state index in [1.807, 2.05) is 0 Å². The van der Waals surface area contributed by atoms with Gasteiger partial charge in [0, 0.05) is 6.54 Å². The van der Waals surface area contributed by atoms with Crippen LogP contribution in [0.2, 0.25) is 0 Å². The van der Waals surface area contributed by atoms with Gasteiger partial charge in [0.2, 0.25) is 0 Å². The van der Waals surface area contributed by atoms with Gasteiger partial charge in [-0.05, 0) is 39.8 Å². The van der Waals surface area contributed by atoms with Crippen LogP contribution in [0.25, 0.3) is 0 Å². The molecule has 0 radical (unpaired) electrons. The second kappa shape index (κ2) is 8.14. The second-order valence-corrected chi connectivity index (χ2v) is 7.63. The Bertz CT molecular complexity index is 429. The molecule has 3 saturated heterocycles. The van der Waals surface area contributed by atoms with Crippen molar-refractivity contribution in [1.82, 2.24) is 4.90 Å². The molecule has 146 valence electrons. The molecule has 3 rings (SSSR count). The van der Waals surface area contributed by atoms with Gasteiger partial charge in [-0.3, -0.25) is 0 Å². The summed E-state index contributed by atoms with van der Waals surface area (Å²) in [5.74, 6) is -0.793. The van der Waals surface area contributed by atoms with Gasteiger partial charge in [0.05, 0.1) is 19.3 Å². The number of rotatable bonds is 7. The van der Waals surface area contributed by atoms with Crippen molar-refractivity contribution in [1.29, 1.82) is 0 Å². The summed E-state index contributed by atoms with van der Waals surface area (Å²) in [6, 6.07) is 0. The Morgan fingerprint density at radius 3 is 2.56 bits per heavy atom. The lowest BCUT2D eigenvalue weighted by molar-refractivity contribution is -0.232. The number of aliphatic hydroxyl groups excluding tert-OH is 3. The SMILES string of the molecule is CC1(C)O[C@H]2O[C@H]([C@H](O)CO)[C@H](OCC(O)CN3CCCCC3)[C@H]2O1. The Balaban J connectivity index is 1.55. The molecule has 8 nitrogen and oxygen atoms in total. The third-order valence-electron chi connectivity index (χ3n) is 4.99. The van der Waals surface area contributed by atoms with E-state index < -0.39 is 49.2 Å². The molecule has 3 N–H and O–H groups in total. The minimum atomic E-state index is -1.09. The second-order valence-electron chi connectivity index (χ2n) is 7.63. The zero-order valence-corrected chi connectivity index (χ0v) is 15.0. The molecule has 3 aliphatic heterocycles. The molecule has 1 unspecified atom stereocenters. The molecule has 6 atom stereocenters. The first-order valence-electron chi connectivity index (χ1n) is 9.21. The largest absolute Gasteiger partial charge is 0.394 e. The van der Waals surface area contributed by atoms with E-state index in [2.05, 4.69) is 4.90 Å². The summed E-state index contributed by atoms with van der Waals surface area (Å²) < 4.78 is 23.1. The van der Waals surface area contributed by atoms with Crippen LogP contribution >= 0.6 is 0 Å². The predicted molar refractivity (Wildman–Crippen MR) is 87.8 cm³/mol. The lowest BCUT2D eigenvalue weighted by Crippen LogP contribution is -2.46. The van der Waals surface area contributed by atoms with Crippen LogP contribution < -0.4 is 0 Å². The van der Waals surface area contributed by atoms with Crippen LogP contribution in [0.4, 0.5) is 0 Å². The Morgan fingerprint density at radius 2 is 1.88 bits per heavy atom. The Kier molecular flexibility index (Phi) is 6.33. The lowest BCUT2D eigenvalue weighted by atomic mass is 10.1. The van der Waals surface area contributed by atoms with Gasteiger partial charge in [-0.25, -0.2) is 0 Å². The first kappa shape index (κ1) is 19.4. The van der Waals surface area contributed by atoms with Gasteiger partial charge in [0.15, 0.2) is 12.1 Å². The van der Waals surface area contributed by atoms with Gasteiger partial charge >= 0.3 is 0 Å². The topological polar surface area (TPSA) is 101 Å². The van der Waals surface area contributed by atoms with E-state index in [9.17, 15) is 15.3 Å². The molecule has 0 saturated carbocycles. The molecule has 0 aromatic carbocycles. The van der Waals surface area contributed by atoms with Crippen LogP contribution in [0.1, 0.15) is 33.1 Å². The maximum absolute atomic E-state index is 10.3. The molecule has 0 aliphatic carbocycles. The van der Waals surface area contributed by atoms with Crippen molar-refractivity contribution in [3.63, 3.8) is 0 Å². The number of fused-ring (bicyclic) bond motifs is 1. The molecule has 25 heavy (non-hydrogen) atoms. The minimum absolute atomic E-state index is 0.117. The van der Waals surface area contributed by atoms with Crippen LogP contribution in [-0.4, -0.2) is 95.7 Å². The molecule has 0 bridgehead atoms. The monoisotopic (exact) mass is 361 g/mol. The van der Waals surface area contributed by atoms with Crippen molar-refractivity contribution < 1.29 is 34.3 Å². The zero-order chi connectivity index (χ0) is 18.0. The molecule has 0 aromatic rings. The van der Waals surface area contributed by atoms with E-state index >= 15 is 0 Å². The minimum Gasteiger partial charge on any atom is -0.394 e. The highest BCUT2D eigenvalue weighted by Gasteiger charge is 2.57. The van der Waals surface area contributed by atoms with Crippen molar-refractivity contribution in [3.8, 4) is 0 Å². The number of ether oxygens (including phenoxy) is 4. The fourth-order valence-corrected chi connectivity index (χ4v) is 3.82. The van der Waals surface area contributed by atoms with Crippen LogP contribution in [0, 0.1) is 0 Å². The van der Waals surface area contributed by atoms with Crippen LogP contribution in [0.3, 0.4) is 0 Å². The third kappa shape index (κ3) is 4.70. The smallest absolute Gasteiger partial charge is 0.190 e. The number of β-amino-alcohol motifs (C(OH)–C–C–N with tert-alkyl or cyclic N) is 1. The van der Waals surface area contributed by atoms with Crippen molar-refractivity contribution in [2.45, 2.75) is 75.7 Å². The van der Waals surface area contributed by atoms with E-state index in [0.29, 0.717) is 6.54 Å². The molecule has 0 spiro atoms. The zero-order valence-electron chi connectivity index (χ0n) is 15.0. The van der Waals surface area contributed by atoms with Crippen molar-refractivity contribution >= 4 is 0 Å². The fourth-order valence-electron chi connectivity index (χ4n) is 3.82.